The molecule has 0 saturated heterocycles. The Morgan fingerprint density at radius 3 is 2.10 bits per heavy atom. The Bertz CT molecular complexity index is 582. The Morgan fingerprint density at radius 2 is 1.72 bits per heavy atom. The number of nitrogens with zero attached hydrogens (tertiary/aromatic N) is 1. The zero-order valence-electron chi connectivity index (χ0n) is 20.8. The van der Waals surface area contributed by atoms with E-state index in [1.807, 2.05) is 61.6 Å². The van der Waals surface area contributed by atoms with Crippen molar-refractivity contribution in [2.45, 2.75) is 93.0 Å². The molecular weight excluding hydrogens is 352 g/mol. The molecular formula is C27H48N2. The maximum Gasteiger partial charge on any atom is 0.0671 e. The van der Waals surface area contributed by atoms with Crippen LogP contribution in [-0.4, -0.2) is 18.3 Å². The number of aliphatic imine (C=N–C) groups is 1. The highest BCUT2D eigenvalue weighted by molar-refractivity contribution is 6.14. The van der Waals surface area contributed by atoms with E-state index in [0.29, 0.717) is 5.92 Å². The summed E-state index contributed by atoms with van der Waals surface area (Å²) in [5.41, 5.74) is 10.1. The second kappa shape index (κ2) is 18.4. The predicted molar refractivity (Wildman–Crippen MR) is 136 cm³/mol. The van der Waals surface area contributed by atoms with E-state index in [1.165, 1.54) is 17.6 Å². The Morgan fingerprint density at radius 1 is 1.10 bits per heavy atom. The molecule has 1 unspecified atom stereocenters. The number of allylic oxidation sites excluding steroid dienone is 9. The van der Waals surface area contributed by atoms with Crippen LogP contribution in [0.3, 0.4) is 0 Å². The molecule has 0 radical (unpaired) electrons. The number of rotatable bonds is 6. The van der Waals surface area contributed by atoms with Gasteiger partial charge >= 0.3 is 0 Å². The fourth-order valence-corrected chi connectivity index (χ4v) is 3.37. The maximum absolute atomic E-state index is 6.47. The van der Waals surface area contributed by atoms with E-state index in [0.717, 1.165) is 31.4 Å². The van der Waals surface area contributed by atoms with Crippen molar-refractivity contribution in [3.05, 3.63) is 59.8 Å². The number of hydrogen-bond donors (Lipinski definition) is 1. The minimum atomic E-state index is 0.0424. The average Bonchev–Trinajstić information content (AvgIpc) is 2.78. The van der Waals surface area contributed by atoms with Crippen LogP contribution in [0.15, 0.2) is 64.7 Å². The normalized spacial score (nSPS) is 20.5. The lowest BCUT2D eigenvalue weighted by atomic mass is 9.66. The van der Waals surface area contributed by atoms with Crippen LogP contribution in [0.4, 0.5) is 0 Å². The van der Waals surface area contributed by atoms with Gasteiger partial charge in [-0.1, -0.05) is 90.2 Å². The van der Waals surface area contributed by atoms with Gasteiger partial charge in [-0.05, 0) is 63.0 Å². The molecule has 166 valence electrons. The average molecular weight is 401 g/mol. The zero-order chi connectivity index (χ0) is 22.7. The summed E-state index contributed by atoms with van der Waals surface area (Å²) in [6, 6.07) is 0. The van der Waals surface area contributed by atoms with Gasteiger partial charge < -0.3 is 5.73 Å². The molecule has 2 rings (SSSR count). The van der Waals surface area contributed by atoms with Crippen LogP contribution >= 0.6 is 0 Å². The molecule has 1 fully saturated rings. The zero-order valence-corrected chi connectivity index (χ0v) is 20.8. The minimum absolute atomic E-state index is 0.0424. The minimum Gasteiger partial charge on any atom is -0.325 e. The van der Waals surface area contributed by atoms with Crippen LogP contribution in [0, 0.1) is 5.92 Å². The highest BCUT2D eigenvalue weighted by atomic mass is 14.8. The third-order valence-electron chi connectivity index (χ3n) is 5.05. The second-order valence-electron chi connectivity index (χ2n) is 6.49. The summed E-state index contributed by atoms with van der Waals surface area (Å²) in [5.74, 6) is 0.488. The molecule has 0 aromatic carbocycles. The Labute approximate surface area is 182 Å². The molecule has 0 aromatic rings. The van der Waals surface area contributed by atoms with Crippen LogP contribution < -0.4 is 5.73 Å². The number of hydrogen-bond acceptors (Lipinski definition) is 2. The van der Waals surface area contributed by atoms with Crippen molar-refractivity contribution < 1.29 is 0 Å². The van der Waals surface area contributed by atoms with Crippen LogP contribution in [0.1, 0.15) is 87.5 Å². The summed E-state index contributed by atoms with van der Waals surface area (Å²) in [5, 5.41) is 0. The molecule has 0 spiro atoms. The van der Waals surface area contributed by atoms with Crippen LogP contribution in [0.5, 0.6) is 0 Å². The first kappa shape index (κ1) is 29.5. The van der Waals surface area contributed by atoms with Crippen molar-refractivity contribution in [3.8, 4) is 0 Å². The maximum atomic E-state index is 6.47. The highest BCUT2D eigenvalue weighted by Crippen LogP contribution is 2.40. The van der Waals surface area contributed by atoms with Crippen LogP contribution in [0.2, 0.25) is 0 Å². The van der Waals surface area contributed by atoms with Gasteiger partial charge in [0.15, 0.2) is 0 Å². The monoisotopic (exact) mass is 400 g/mol. The summed E-state index contributed by atoms with van der Waals surface area (Å²) in [7, 11) is 1.88. The Hall–Kier alpha value is -1.67. The molecule has 2 aliphatic rings. The van der Waals surface area contributed by atoms with Gasteiger partial charge in [0, 0.05) is 12.6 Å². The van der Waals surface area contributed by atoms with Gasteiger partial charge in [0.1, 0.15) is 0 Å². The third-order valence-corrected chi connectivity index (χ3v) is 5.05. The first-order valence-electron chi connectivity index (χ1n) is 11.7. The molecule has 2 aliphatic carbocycles. The molecule has 0 heterocycles. The van der Waals surface area contributed by atoms with E-state index in [1.54, 1.807) is 0 Å². The molecule has 2 nitrogen and oxygen atoms in total. The van der Waals surface area contributed by atoms with Crippen molar-refractivity contribution in [1.29, 1.82) is 0 Å². The summed E-state index contributed by atoms with van der Waals surface area (Å²) in [6.45, 7) is 16.1. The molecule has 0 amide bonds. The van der Waals surface area contributed by atoms with Crippen LogP contribution in [0.25, 0.3) is 0 Å². The Kier molecular flexibility index (Phi) is 18.7. The van der Waals surface area contributed by atoms with Crippen LogP contribution in [-0.2, 0) is 0 Å². The summed E-state index contributed by atoms with van der Waals surface area (Å²) >= 11 is 0. The number of nitrogens with two attached hydrogens (primary N) is 1. The van der Waals surface area contributed by atoms with E-state index >= 15 is 0 Å². The smallest absolute Gasteiger partial charge is 0.0671 e. The van der Waals surface area contributed by atoms with Gasteiger partial charge in [0.2, 0.25) is 0 Å². The summed E-state index contributed by atoms with van der Waals surface area (Å²) in [6.07, 6.45) is 22.9. The lowest BCUT2D eigenvalue weighted by molar-refractivity contribution is 0.183. The van der Waals surface area contributed by atoms with Crippen molar-refractivity contribution in [2.24, 2.45) is 16.6 Å². The van der Waals surface area contributed by atoms with Crippen molar-refractivity contribution in [2.75, 3.05) is 7.05 Å². The lowest BCUT2D eigenvalue weighted by Crippen LogP contribution is -2.52. The van der Waals surface area contributed by atoms with Crippen molar-refractivity contribution >= 4 is 5.71 Å². The van der Waals surface area contributed by atoms with E-state index in [-0.39, 0.29) is 5.54 Å². The quantitative estimate of drug-likeness (QED) is 0.356. The first-order chi connectivity index (χ1) is 14.1. The molecule has 0 aliphatic heterocycles. The molecule has 2 heteroatoms. The Balaban J connectivity index is 0. The summed E-state index contributed by atoms with van der Waals surface area (Å²) < 4.78 is 0. The van der Waals surface area contributed by atoms with E-state index in [9.17, 15) is 0 Å². The van der Waals surface area contributed by atoms with E-state index in [2.05, 4.69) is 54.4 Å². The van der Waals surface area contributed by atoms with Gasteiger partial charge in [-0.2, -0.15) is 0 Å². The fraction of sp³-hybridized carbons (Fsp3) is 0.593. The third kappa shape index (κ3) is 9.58. The fourth-order valence-electron chi connectivity index (χ4n) is 3.37. The van der Waals surface area contributed by atoms with E-state index < -0.39 is 0 Å². The molecule has 29 heavy (non-hydrogen) atoms. The molecule has 1 atom stereocenters. The van der Waals surface area contributed by atoms with Gasteiger partial charge in [0.25, 0.3) is 0 Å². The van der Waals surface area contributed by atoms with Gasteiger partial charge in [-0.15, -0.1) is 0 Å². The first-order valence-corrected chi connectivity index (χ1v) is 11.7. The molecule has 1 saturated carbocycles. The van der Waals surface area contributed by atoms with Gasteiger partial charge in [0.05, 0.1) is 5.71 Å². The molecule has 2 N–H and O–H groups in total. The predicted octanol–water partition coefficient (Wildman–Crippen LogP) is 7.99. The van der Waals surface area contributed by atoms with Gasteiger partial charge in [-0.25, -0.2) is 0 Å². The van der Waals surface area contributed by atoms with Crippen molar-refractivity contribution in [1.82, 2.24) is 0 Å². The highest BCUT2D eigenvalue weighted by Gasteiger charge is 2.39. The molecule has 0 bridgehead atoms. The van der Waals surface area contributed by atoms with Gasteiger partial charge in [-0.3, -0.25) is 4.99 Å². The van der Waals surface area contributed by atoms with E-state index in [4.69, 9.17) is 5.73 Å². The topological polar surface area (TPSA) is 38.4 Å². The summed E-state index contributed by atoms with van der Waals surface area (Å²) in [4.78, 5) is 4.55. The lowest BCUT2D eigenvalue weighted by Gasteiger charge is -2.44. The van der Waals surface area contributed by atoms with Crippen molar-refractivity contribution in [3.63, 3.8) is 0 Å². The standard InChI is InChI=1S/C21H30N2.3C2H6/c1-4-6-7-8-10-17(5-2)20(23-3)18-11-13-19(14-12-18)21(22)15-9-16-21;3*1-2/h4-8,11-13,19H,9-10,14-16,22H2,1-3H3;3*1-2H3/b6-4-,8-7-,17-5-,23-20?;;;. The second-order valence-corrected chi connectivity index (χ2v) is 6.49. The SMILES string of the molecule is C/C=C\C=C/C/C(=C/C)C(=NC)C1=CCC(C2(N)CCC2)C=C1.CC.CC.CC. The molecule has 0 aromatic heterocycles. The largest absolute Gasteiger partial charge is 0.325 e.